The van der Waals surface area contributed by atoms with Crippen LogP contribution in [0.25, 0.3) is 0 Å². The second kappa shape index (κ2) is 6.96. The second-order valence-corrected chi connectivity index (χ2v) is 1.91. The summed E-state index contributed by atoms with van der Waals surface area (Å²) < 4.78 is 0. The summed E-state index contributed by atoms with van der Waals surface area (Å²) >= 11 is 0. The first-order valence-corrected chi connectivity index (χ1v) is 3.41. The van der Waals surface area contributed by atoms with E-state index in [1.165, 1.54) is 12.8 Å². The molecule has 0 rings (SSSR count). The Morgan fingerprint density at radius 1 is 1.38 bits per heavy atom. The van der Waals surface area contributed by atoms with Crippen molar-refractivity contribution in [1.82, 2.24) is 5.32 Å². The molecule has 0 heterocycles. The van der Waals surface area contributed by atoms with Crippen molar-refractivity contribution in [2.75, 3.05) is 13.1 Å². The molecule has 0 atom stereocenters. The van der Waals surface area contributed by atoms with Crippen molar-refractivity contribution in [3.63, 3.8) is 0 Å². The molecule has 0 aliphatic heterocycles. The summed E-state index contributed by atoms with van der Waals surface area (Å²) in [6.45, 7) is 8.14. The van der Waals surface area contributed by atoms with Crippen molar-refractivity contribution in [2.45, 2.75) is 26.2 Å². The third-order valence-corrected chi connectivity index (χ3v) is 1.10. The lowest BCUT2D eigenvalue weighted by Gasteiger charge is -1.97. The zero-order valence-corrected chi connectivity index (χ0v) is 5.74. The highest BCUT2D eigenvalue weighted by Crippen LogP contribution is 1.89. The quantitative estimate of drug-likeness (QED) is 0.535. The number of unbranched alkanes of at least 4 members (excludes halogenated alkanes) is 2. The first kappa shape index (κ1) is 7.96. The van der Waals surface area contributed by atoms with Gasteiger partial charge in [0.1, 0.15) is 0 Å². The fourth-order valence-electron chi connectivity index (χ4n) is 0.604. The van der Waals surface area contributed by atoms with Gasteiger partial charge in [-0.3, -0.25) is 0 Å². The molecule has 1 heteroatoms. The highest BCUT2D eigenvalue weighted by molar-refractivity contribution is 4.46. The topological polar surface area (TPSA) is 12.0 Å². The summed E-state index contributed by atoms with van der Waals surface area (Å²) in [5, 5.41) is 3.26. The van der Waals surface area contributed by atoms with E-state index < -0.39 is 0 Å². The third kappa shape index (κ3) is 5.96. The number of hydrogen-bond donors (Lipinski definition) is 1. The predicted octanol–water partition coefficient (Wildman–Crippen LogP) is 1.60. The lowest BCUT2D eigenvalue weighted by Crippen LogP contribution is -2.13. The normalized spacial score (nSPS) is 9.75. The van der Waals surface area contributed by atoms with Crippen molar-refractivity contribution in [1.29, 1.82) is 0 Å². The molecule has 1 radical (unpaired) electrons. The Hall–Kier alpha value is -0.0400. The van der Waals surface area contributed by atoms with Gasteiger partial charge in [0.2, 0.25) is 0 Å². The fourth-order valence-corrected chi connectivity index (χ4v) is 0.604. The van der Waals surface area contributed by atoms with Gasteiger partial charge in [0, 0.05) is 0 Å². The fraction of sp³-hybridized carbons (Fsp3) is 0.857. The Bertz CT molecular complexity index is 29.4. The van der Waals surface area contributed by atoms with Crippen LogP contribution < -0.4 is 5.32 Å². The Balaban J connectivity index is 2.53. The summed E-state index contributed by atoms with van der Waals surface area (Å²) in [5.41, 5.74) is 0. The van der Waals surface area contributed by atoms with E-state index in [9.17, 15) is 0 Å². The van der Waals surface area contributed by atoms with Crippen molar-refractivity contribution in [2.24, 2.45) is 0 Å². The molecular formula is C7H16N. The molecule has 0 aromatic carbocycles. The van der Waals surface area contributed by atoms with Crippen LogP contribution in [0.5, 0.6) is 0 Å². The molecule has 0 unspecified atom stereocenters. The molecule has 0 fully saturated rings. The van der Waals surface area contributed by atoms with Crippen molar-refractivity contribution < 1.29 is 0 Å². The van der Waals surface area contributed by atoms with Crippen LogP contribution in [-0.4, -0.2) is 13.1 Å². The minimum Gasteiger partial charge on any atom is -0.317 e. The van der Waals surface area contributed by atoms with E-state index in [-0.39, 0.29) is 0 Å². The van der Waals surface area contributed by atoms with Crippen molar-refractivity contribution >= 4 is 0 Å². The molecule has 1 N–H and O–H groups in total. The van der Waals surface area contributed by atoms with Crippen LogP contribution in [0.4, 0.5) is 0 Å². The van der Waals surface area contributed by atoms with Gasteiger partial charge in [-0.05, 0) is 19.5 Å². The van der Waals surface area contributed by atoms with Gasteiger partial charge in [-0.25, -0.2) is 0 Å². The van der Waals surface area contributed by atoms with Crippen LogP contribution >= 0.6 is 0 Å². The summed E-state index contributed by atoms with van der Waals surface area (Å²) in [4.78, 5) is 0. The largest absolute Gasteiger partial charge is 0.317 e. The first-order valence-electron chi connectivity index (χ1n) is 3.41. The molecule has 49 valence electrons. The molecule has 0 aromatic rings. The van der Waals surface area contributed by atoms with Gasteiger partial charge in [-0.2, -0.15) is 0 Å². The lowest BCUT2D eigenvalue weighted by atomic mass is 10.2. The lowest BCUT2D eigenvalue weighted by molar-refractivity contribution is 0.645. The molecule has 1 nitrogen and oxygen atoms in total. The maximum absolute atomic E-state index is 3.76. The highest BCUT2D eigenvalue weighted by atomic mass is 14.8. The number of rotatable bonds is 5. The zero-order valence-electron chi connectivity index (χ0n) is 5.74. The SMILES string of the molecule is [CH2]CCCCNCC. The van der Waals surface area contributed by atoms with Crippen molar-refractivity contribution in [3.8, 4) is 0 Å². The summed E-state index contributed by atoms with van der Waals surface area (Å²) in [5.74, 6) is 0. The molecule has 0 bridgehead atoms. The van der Waals surface area contributed by atoms with Crippen LogP contribution in [0.3, 0.4) is 0 Å². The molecule has 0 spiro atoms. The predicted molar refractivity (Wildman–Crippen MR) is 37.8 cm³/mol. The van der Waals surface area contributed by atoms with Gasteiger partial charge in [0.05, 0.1) is 0 Å². The van der Waals surface area contributed by atoms with E-state index >= 15 is 0 Å². The Kier molecular flexibility index (Phi) is 6.93. The molecule has 0 saturated heterocycles. The molecule has 0 amide bonds. The second-order valence-electron chi connectivity index (χ2n) is 1.91. The minimum absolute atomic E-state index is 1.07. The summed E-state index contributed by atoms with van der Waals surface area (Å²) in [7, 11) is 0. The third-order valence-electron chi connectivity index (χ3n) is 1.10. The minimum atomic E-state index is 1.07. The van der Waals surface area contributed by atoms with Gasteiger partial charge in [0.25, 0.3) is 0 Å². The number of hydrogen-bond acceptors (Lipinski definition) is 1. The molecule has 0 aliphatic rings. The zero-order chi connectivity index (χ0) is 6.24. The Morgan fingerprint density at radius 3 is 2.62 bits per heavy atom. The number of nitrogens with one attached hydrogen (secondary N) is 1. The van der Waals surface area contributed by atoms with E-state index in [0.29, 0.717) is 0 Å². The van der Waals surface area contributed by atoms with Crippen molar-refractivity contribution in [3.05, 3.63) is 6.92 Å². The summed E-state index contributed by atoms with van der Waals surface area (Å²) in [6.07, 6.45) is 3.61. The Morgan fingerprint density at radius 2 is 2.12 bits per heavy atom. The van der Waals surface area contributed by atoms with Gasteiger partial charge >= 0.3 is 0 Å². The maximum Gasteiger partial charge on any atom is -0.00490 e. The molecule has 0 aromatic heterocycles. The van der Waals surface area contributed by atoms with Gasteiger partial charge in [0.15, 0.2) is 0 Å². The molecular weight excluding hydrogens is 98.1 g/mol. The average molecular weight is 114 g/mol. The molecule has 0 aliphatic carbocycles. The van der Waals surface area contributed by atoms with Gasteiger partial charge < -0.3 is 5.32 Å². The molecule has 0 saturated carbocycles. The summed E-state index contributed by atoms with van der Waals surface area (Å²) in [6, 6.07) is 0. The van der Waals surface area contributed by atoms with E-state index in [0.717, 1.165) is 19.5 Å². The van der Waals surface area contributed by atoms with E-state index in [4.69, 9.17) is 0 Å². The van der Waals surface area contributed by atoms with Gasteiger partial charge in [-0.15, -0.1) is 0 Å². The standard InChI is InChI=1S/C7H16N/c1-3-5-6-7-8-4-2/h8H,1,3-7H2,2H3. The van der Waals surface area contributed by atoms with E-state index in [1.807, 2.05) is 0 Å². The first-order chi connectivity index (χ1) is 3.91. The molecule has 8 heavy (non-hydrogen) atoms. The van der Waals surface area contributed by atoms with E-state index in [1.54, 1.807) is 0 Å². The highest BCUT2D eigenvalue weighted by Gasteiger charge is 1.81. The van der Waals surface area contributed by atoms with Crippen LogP contribution in [0.1, 0.15) is 26.2 Å². The van der Waals surface area contributed by atoms with Crippen LogP contribution in [0, 0.1) is 6.92 Å². The van der Waals surface area contributed by atoms with Gasteiger partial charge in [-0.1, -0.05) is 26.7 Å². The maximum atomic E-state index is 3.76. The van der Waals surface area contributed by atoms with E-state index in [2.05, 4.69) is 19.2 Å². The smallest absolute Gasteiger partial charge is 0.00490 e. The van der Waals surface area contributed by atoms with Crippen LogP contribution in [0.15, 0.2) is 0 Å². The monoisotopic (exact) mass is 114 g/mol. The van der Waals surface area contributed by atoms with Crippen LogP contribution in [-0.2, 0) is 0 Å². The average Bonchev–Trinajstić information content (AvgIpc) is 1.81. The van der Waals surface area contributed by atoms with Crippen LogP contribution in [0.2, 0.25) is 0 Å². The Labute approximate surface area is 52.5 Å².